The maximum absolute atomic E-state index is 13.2. The number of aromatic nitrogens is 2. The fourth-order valence-corrected chi connectivity index (χ4v) is 3.45. The lowest BCUT2D eigenvalue weighted by Gasteiger charge is -2.11. The van der Waals surface area contributed by atoms with Crippen LogP contribution in [-0.4, -0.2) is 9.55 Å². The van der Waals surface area contributed by atoms with Crippen LogP contribution in [0.4, 0.5) is 10.2 Å². The lowest BCUT2D eigenvalue weighted by Crippen LogP contribution is -2.08. The lowest BCUT2D eigenvalue weighted by molar-refractivity contribution is 0.604. The molecule has 1 saturated carbocycles. The second-order valence-corrected chi connectivity index (χ2v) is 5.96. The number of imidazole rings is 1. The highest BCUT2D eigenvalue weighted by molar-refractivity contribution is 6.33. The van der Waals surface area contributed by atoms with Crippen molar-refractivity contribution < 1.29 is 4.39 Å². The van der Waals surface area contributed by atoms with Crippen LogP contribution < -0.4 is 5.73 Å². The molecule has 0 amide bonds. The van der Waals surface area contributed by atoms with Gasteiger partial charge in [-0.25, -0.2) is 9.37 Å². The number of benzene rings is 1. The van der Waals surface area contributed by atoms with Gasteiger partial charge in [0, 0.05) is 18.0 Å². The molecule has 1 fully saturated rings. The minimum atomic E-state index is -0.353. The smallest absolute Gasteiger partial charge is 0.131 e. The molecule has 5 heteroatoms. The first-order chi connectivity index (χ1) is 10.1. The van der Waals surface area contributed by atoms with Crippen molar-refractivity contribution in [3.05, 3.63) is 34.9 Å². The van der Waals surface area contributed by atoms with Crippen molar-refractivity contribution in [3.63, 3.8) is 0 Å². The second kappa shape index (κ2) is 5.68. The minimum absolute atomic E-state index is 0.348. The molecular formula is C16H19ClFN3. The summed E-state index contributed by atoms with van der Waals surface area (Å²) in [5.74, 6) is 1.78. The first-order valence-corrected chi connectivity index (χ1v) is 7.81. The third kappa shape index (κ3) is 2.53. The van der Waals surface area contributed by atoms with Gasteiger partial charge in [-0.05, 0) is 38.0 Å². The molecule has 112 valence electrons. The zero-order valence-corrected chi connectivity index (χ0v) is 12.8. The predicted molar refractivity (Wildman–Crippen MR) is 83.9 cm³/mol. The summed E-state index contributed by atoms with van der Waals surface area (Å²) in [5, 5.41) is 0.348. The van der Waals surface area contributed by atoms with Crippen LogP contribution >= 0.6 is 11.6 Å². The summed E-state index contributed by atoms with van der Waals surface area (Å²) in [5.41, 5.74) is 7.64. The Morgan fingerprint density at radius 3 is 2.71 bits per heavy atom. The van der Waals surface area contributed by atoms with Crippen LogP contribution in [0.5, 0.6) is 0 Å². The Morgan fingerprint density at radius 2 is 2.10 bits per heavy atom. The summed E-state index contributed by atoms with van der Waals surface area (Å²) < 4.78 is 15.3. The van der Waals surface area contributed by atoms with Crippen LogP contribution in [0.15, 0.2) is 18.2 Å². The van der Waals surface area contributed by atoms with Crippen LogP contribution in [-0.2, 0) is 6.54 Å². The number of hydrogen-bond donors (Lipinski definition) is 1. The molecule has 1 aliphatic rings. The van der Waals surface area contributed by atoms with Gasteiger partial charge in [0.05, 0.1) is 5.02 Å². The van der Waals surface area contributed by atoms with Gasteiger partial charge < -0.3 is 10.3 Å². The van der Waals surface area contributed by atoms with Crippen LogP contribution in [0.2, 0.25) is 5.02 Å². The predicted octanol–water partition coefficient (Wildman–Crippen LogP) is 4.60. The average Bonchev–Trinajstić information content (AvgIpc) is 3.07. The number of nitrogen functional groups attached to an aromatic ring is 1. The Kier molecular flexibility index (Phi) is 3.89. The Bertz CT molecular complexity index is 660. The van der Waals surface area contributed by atoms with Gasteiger partial charge >= 0.3 is 0 Å². The Morgan fingerprint density at radius 1 is 1.38 bits per heavy atom. The molecule has 0 radical (unpaired) electrons. The van der Waals surface area contributed by atoms with Crippen molar-refractivity contribution in [2.45, 2.75) is 45.1 Å². The number of nitrogens with two attached hydrogens (primary N) is 1. The normalized spacial score (nSPS) is 15.8. The van der Waals surface area contributed by atoms with Crippen LogP contribution in [0, 0.1) is 5.82 Å². The average molecular weight is 308 g/mol. The highest BCUT2D eigenvalue weighted by Crippen LogP contribution is 2.39. The highest BCUT2D eigenvalue weighted by atomic mass is 35.5. The molecule has 1 aromatic heterocycles. The molecule has 1 heterocycles. The van der Waals surface area contributed by atoms with E-state index >= 15 is 0 Å². The fraction of sp³-hybridized carbons (Fsp3) is 0.438. The molecule has 0 spiro atoms. The molecule has 2 N–H and O–H groups in total. The molecule has 0 atom stereocenters. The molecule has 1 aromatic carbocycles. The van der Waals surface area contributed by atoms with E-state index in [4.69, 9.17) is 22.3 Å². The Balaban J connectivity index is 2.10. The number of anilines is 1. The van der Waals surface area contributed by atoms with Crippen molar-refractivity contribution in [2.75, 3.05) is 5.73 Å². The molecule has 0 unspecified atom stereocenters. The third-order valence-electron chi connectivity index (χ3n) is 4.26. The van der Waals surface area contributed by atoms with E-state index < -0.39 is 0 Å². The summed E-state index contributed by atoms with van der Waals surface area (Å²) in [6.45, 7) is 2.84. The van der Waals surface area contributed by atoms with E-state index in [1.807, 2.05) is 0 Å². The molecule has 0 aliphatic heterocycles. The van der Waals surface area contributed by atoms with E-state index in [0.717, 1.165) is 25.2 Å². The highest BCUT2D eigenvalue weighted by Gasteiger charge is 2.25. The third-order valence-corrected chi connectivity index (χ3v) is 4.57. The summed E-state index contributed by atoms with van der Waals surface area (Å²) in [6, 6.07) is 4.34. The zero-order valence-electron chi connectivity index (χ0n) is 12.1. The van der Waals surface area contributed by atoms with Crippen molar-refractivity contribution in [3.8, 4) is 11.3 Å². The van der Waals surface area contributed by atoms with Crippen molar-refractivity contribution >= 4 is 17.4 Å². The van der Waals surface area contributed by atoms with Gasteiger partial charge in [0.25, 0.3) is 0 Å². The topological polar surface area (TPSA) is 43.8 Å². The van der Waals surface area contributed by atoms with E-state index in [2.05, 4.69) is 11.5 Å². The fourth-order valence-electron chi connectivity index (χ4n) is 3.19. The monoisotopic (exact) mass is 307 g/mol. The Hall–Kier alpha value is -1.55. The summed E-state index contributed by atoms with van der Waals surface area (Å²) in [4.78, 5) is 4.75. The van der Waals surface area contributed by atoms with Crippen LogP contribution in [0.25, 0.3) is 11.3 Å². The second-order valence-electron chi connectivity index (χ2n) is 5.55. The molecule has 0 bridgehead atoms. The maximum Gasteiger partial charge on any atom is 0.131 e. The zero-order chi connectivity index (χ0) is 15.0. The number of rotatable bonds is 3. The summed E-state index contributed by atoms with van der Waals surface area (Å²) >= 11 is 6.16. The minimum Gasteiger partial charge on any atom is -0.383 e. The van der Waals surface area contributed by atoms with E-state index in [9.17, 15) is 4.39 Å². The van der Waals surface area contributed by atoms with Crippen molar-refractivity contribution in [1.82, 2.24) is 9.55 Å². The van der Waals surface area contributed by atoms with Gasteiger partial charge in [0.1, 0.15) is 23.2 Å². The molecule has 3 rings (SSSR count). The van der Waals surface area contributed by atoms with E-state index in [1.165, 1.54) is 25.0 Å². The van der Waals surface area contributed by atoms with E-state index in [0.29, 0.717) is 28.0 Å². The standard InChI is InChI=1S/C16H19ClFN3/c1-2-21-15(19)14(12-8-7-11(18)9-13(12)17)20-16(21)10-5-3-4-6-10/h7-10H,2-6,19H2,1H3. The largest absolute Gasteiger partial charge is 0.383 e. The maximum atomic E-state index is 13.2. The van der Waals surface area contributed by atoms with Crippen LogP contribution in [0.1, 0.15) is 44.3 Å². The van der Waals surface area contributed by atoms with Gasteiger partial charge in [0.2, 0.25) is 0 Å². The quantitative estimate of drug-likeness (QED) is 0.900. The number of nitrogens with zero attached hydrogens (tertiary/aromatic N) is 2. The molecule has 3 nitrogen and oxygen atoms in total. The Labute approximate surface area is 128 Å². The summed E-state index contributed by atoms with van der Waals surface area (Å²) in [7, 11) is 0. The van der Waals surface area contributed by atoms with Gasteiger partial charge in [-0.15, -0.1) is 0 Å². The first-order valence-electron chi connectivity index (χ1n) is 7.43. The SMILES string of the molecule is CCn1c(C2CCCC2)nc(-c2ccc(F)cc2Cl)c1N. The van der Waals surface area contributed by atoms with E-state index in [-0.39, 0.29) is 5.82 Å². The lowest BCUT2D eigenvalue weighted by atomic mass is 10.1. The van der Waals surface area contributed by atoms with Crippen LogP contribution in [0.3, 0.4) is 0 Å². The first kappa shape index (κ1) is 14.4. The van der Waals surface area contributed by atoms with Gasteiger partial charge in [-0.3, -0.25) is 0 Å². The van der Waals surface area contributed by atoms with Gasteiger partial charge in [-0.1, -0.05) is 24.4 Å². The number of hydrogen-bond acceptors (Lipinski definition) is 2. The van der Waals surface area contributed by atoms with Crippen molar-refractivity contribution in [1.29, 1.82) is 0 Å². The number of halogens is 2. The molecular weight excluding hydrogens is 289 g/mol. The summed E-state index contributed by atoms with van der Waals surface area (Å²) in [6.07, 6.45) is 4.81. The van der Waals surface area contributed by atoms with E-state index in [1.54, 1.807) is 6.07 Å². The van der Waals surface area contributed by atoms with Gasteiger partial charge in [-0.2, -0.15) is 0 Å². The van der Waals surface area contributed by atoms with Crippen molar-refractivity contribution in [2.24, 2.45) is 0 Å². The molecule has 21 heavy (non-hydrogen) atoms. The molecule has 1 aliphatic carbocycles. The molecule has 0 saturated heterocycles. The molecule has 2 aromatic rings. The van der Waals surface area contributed by atoms with Gasteiger partial charge in [0.15, 0.2) is 0 Å².